The Bertz CT molecular complexity index is 1540. The van der Waals surface area contributed by atoms with E-state index in [0.717, 1.165) is 44.5 Å². The van der Waals surface area contributed by atoms with Crippen LogP contribution in [-0.4, -0.2) is 115 Å². The summed E-state index contributed by atoms with van der Waals surface area (Å²) < 4.78 is 40.7. The molecule has 0 aromatic carbocycles. The first-order valence-corrected chi connectivity index (χ1v) is 13.9. The Kier molecular flexibility index (Phi) is 11.0. The fourth-order valence-electron chi connectivity index (χ4n) is 5.04. The van der Waals surface area contributed by atoms with Crippen LogP contribution < -0.4 is 11.2 Å². The Morgan fingerprint density at radius 3 is 2.20 bits per heavy atom. The van der Waals surface area contributed by atoms with E-state index in [1.807, 2.05) is 0 Å². The zero-order valence-electron chi connectivity index (χ0n) is 25.0. The quantitative estimate of drug-likeness (QED) is 0.163. The van der Waals surface area contributed by atoms with Gasteiger partial charge in [-0.25, -0.2) is 9.48 Å². The second-order valence-electron chi connectivity index (χ2n) is 10.3. The summed E-state index contributed by atoms with van der Waals surface area (Å²) in [7, 11) is 0. The van der Waals surface area contributed by atoms with Crippen molar-refractivity contribution in [3.63, 3.8) is 0 Å². The Morgan fingerprint density at radius 2 is 1.59 bits per heavy atom. The molecule has 4 rings (SSSR count). The number of hydrogen-bond donors (Lipinski definition) is 3. The SMILES string of the molecule is CC(=O)OC[C@H]1O[C@@H](OCc2cn([C@@H]3[C@H](O)[C@@H](CO)O[C@H]3n3ccc(=O)[nH]c3=O)nn2)[C@H](OC(C)=O)[C@@H](OC(C)=O)[C@@H]1OC(C)=O. The van der Waals surface area contributed by atoms with Crippen molar-refractivity contribution in [3.8, 4) is 0 Å². The summed E-state index contributed by atoms with van der Waals surface area (Å²) in [5.74, 6) is -3.11. The minimum absolute atomic E-state index is 0.125. The molecule has 0 aliphatic carbocycles. The maximum absolute atomic E-state index is 12.5. The zero-order chi connectivity index (χ0) is 33.7. The van der Waals surface area contributed by atoms with E-state index < -0.39 is 104 Å². The van der Waals surface area contributed by atoms with Gasteiger partial charge < -0.3 is 43.4 Å². The van der Waals surface area contributed by atoms with Gasteiger partial charge in [-0.1, -0.05) is 5.21 Å². The highest BCUT2D eigenvalue weighted by atomic mass is 16.7. The number of esters is 4. The maximum Gasteiger partial charge on any atom is 0.330 e. The minimum Gasteiger partial charge on any atom is -0.463 e. The third-order valence-corrected chi connectivity index (χ3v) is 6.85. The highest BCUT2D eigenvalue weighted by Crippen LogP contribution is 2.37. The van der Waals surface area contributed by atoms with E-state index in [9.17, 15) is 39.0 Å². The summed E-state index contributed by atoms with van der Waals surface area (Å²) in [4.78, 5) is 73.6. The molecule has 9 atom stereocenters. The number of nitrogens with one attached hydrogen (secondary N) is 1. The third-order valence-electron chi connectivity index (χ3n) is 6.85. The number of aliphatic hydroxyl groups excluding tert-OH is 2. The molecule has 0 amide bonds. The lowest BCUT2D eigenvalue weighted by molar-refractivity contribution is -0.310. The van der Waals surface area contributed by atoms with Gasteiger partial charge in [0, 0.05) is 40.0 Å². The van der Waals surface area contributed by atoms with E-state index in [1.165, 1.54) is 10.9 Å². The molecule has 2 aliphatic heterocycles. The molecule has 2 fully saturated rings. The van der Waals surface area contributed by atoms with Gasteiger partial charge in [0.05, 0.1) is 19.4 Å². The fraction of sp³-hybridized carbons (Fsp3) is 0.615. The van der Waals surface area contributed by atoms with Crippen LogP contribution in [0, 0.1) is 0 Å². The second-order valence-corrected chi connectivity index (χ2v) is 10.3. The molecule has 46 heavy (non-hydrogen) atoms. The van der Waals surface area contributed by atoms with Gasteiger partial charge in [0.25, 0.3) is 5.56 Å². The smallest absolute Gasteiger partial charge is 0.330 e. The van der Waals surface area contributed by atoms with Gasteiger partial charge in [0.15, 0.2) is 30.8 Å². The number of aliphatic hydroxyl groups is 2. The van der Waals surface area contributed by atoms with Gasteiger partial charge in [0.2, 0.25) is 0 Å². The highest BCUT2D eigenvalue weighted by molar-refractivity contribution is 5.68. The van der Waals surface area contributed by atoms with Crippen molar-refractivity contribution in [2.45, 2.75) is 89.5 Å². The summed E-state index contributed by atoms with van der Waals surface area (Å²) >= 11 is 0. The molecular formula is C26H33N5O15. The number of carbonyl (C=O) groups is 4. The normalized spacial score (nSPS) is 29.1. The average molecular weight is 656 g/mol. The molecule has 4 heterocycles. The largest absolute Gasteiger partial charge is 0.463 e. The molecule has 0 bridgehead atoms. The summed E-state index contributed by atoms with van der Waals surface area (Å²) in [5.41, 5.74) is -1.36. The molecule has 2 saturated heterocycles. The Balaban J connectivity index is 1.60. The summed E-state index contributed by atoms with van der Waals surface area (Å²) in [6.07, 6.45) is -8.21. The molecule has 20 heteroatoms. The van der Waals surface area contributed by atoms with Crippen LogP contribution >= 0.6 is 0 Å². The number of rotatable bonds is 11. The van der Waals surface area contributed by atoms with Gasteiger partial charge in [-0.05, 0) is 0 Å². The predicted octanol–water partition coefficient (Wildman–Crippen LogP) is -2.78. The summed E-state index contributed by atoms with van der Waals surface area (Å²) in [6, 6.07) is -0.0260. The molecule has 0 saturated carbocycles. The number of ether oxygens (including phenoxy) is 7. The number of carbonyl (C=O) groups excluding carboxylic acids is 4. The van der Waals surface area contributed by atoms with Crippen molar-refractivity contribution < 1.29 is 62.5 Å². The Hall–Kier alpha value is -4.50. The standard InChI is InChI=1S/C26H33N5O15/c1-11(33)40-10-17-21(42-12(2)34)22(43-13(3)35)23(44-14(4)36)25(46-17)41-9-15-7-31(29-28-15)19-20(38)16(8-32)45-24(19)30-6-5-18(37)27-26(30)39/h5-7,16-17,19-25,32,38H,8-10H2,1-4H3,(H,27,37,39)/t16-,17-,19-,20-,21-,22+,23-,24-,25-/m1/s1. The highest BCUT2D eigenvalue weighted by Gasteiger charge is 2.53. The van der Waals surface area contributed by atoms with Gasteiger partial charge in [0.1, 0.15) is 36.7 Å². The Morgan fingerprint density at radius 1 is 0.935 bits per heavy atom. The minimum atomic E-state index is -1.49. The van der Waals surface area contributed by atoms with Crippen molar-refractivity contribution in [1.82, 2.24) is 24.5 Å². The molecule has 2 aliphatic rings. The Labute approximate surface area is 259 Å². The van der Waals surface area contributed by atoms with Crippen molar-refractivity contribution in [2.75, 3.05) is 13.2 Å². The van der Waals surface area contributed by atoms with Crippen molar-refractivity contribution in [1.29, 1.82) is 0 Å². The van der Waals surface area contributed by atoms with Crippen molar-refractivity contribution >= 4 is 23.9 Å². The van der Waals surface area contributed by atoms with E-state index in [2.05, 4.69) is 15.3 Å². The zero-order valence-corrected chi connectivity index (χ0v) is 25.0. The molecule has 0 radical (unpaired) electrons. The third kappa shape index (κ3) is 8.01. The van der Waals surface area contributed by atoms with Crippen LogP contribution in [0.15, 0.2) is 28.0 Å². The second kappa shape index (κ2) is 14.7. The molecule has 20 nitrogen and oxygen atoms in total. The van der Waals surface area contributed by atoms with Gasteiger partial charge in [-0.3, -0.25) is 33.5 Å². The maximum atomic E-state index is 12.5. The van der Waals surface area contributed by atoms with E-state index >= 15 is 0 Å². The van der Waals surface area contributed by atoms with Crippen LogP contribution in [0.25, 0.3) is 0 Å². The monoisotopic (exact) mass is 655 g/mol. The molecule has 252 valence electrons. The van der Waals surface area contributed by atoms with Gasteiger partial charge in [-0.15, -0.1) is 5.10 Å². The first-order chi connectivity index (χ1) is 21.8. The molecule has 2 aromatic heterocycles. The predicted molar refractivity (Wildman–Crippen MR) is 144 cm³/mol. The number of hydrogen-bond acceptors (Lipinski definition) is 17. The van der Waals surface area contributed by atoms with E-state index in [-0.39, 0.29) is 12.3 Å². The van der Waals surface area contributed by atoms with Crippen LogP contribution in [0.2, 0.25) is 0 Å². The molecule has 2 aromatic rings. The lowest BCUT2D eigenvalue weighted by atomic mass is 9.98. The van der Waals surface area contributed by atoms with E-state index in [0.29, 0.717) is 0 Å². The lowest BCUT2D eigenvalue weighted by Gasteiger charge is -2.43. The number of nitrogens with zero attached hydrogens (tertiary/aromatic N) is 4. The first-order valence-electron chi connectivity index (χ1n) is 13.9. The molecular weight excluding hydrogens is 622 g/mol. The fourth-order valence-corrected chi connectivity index (χ4v) is 5.04. The number of H-pyrrole nitrogens is 1. The summed E-state index contributed by atoms with van der Waals surface area (Å²) in [5, 5.41) is 28.6. The number of aromatic amines is 1. The van der Waals surface area contributed by atoms with Crippen LogP contribution in [0.5, 0.6) is 0 Å². The topological polar surface area (TPSA) is 259 Å². The molecule has 0 spiro atoms. The first kappa shape index (κ1) is 34.4. The van der Waals surface area contributed by atoms with E-state index in [4.69, 9.17) is 33.2 Å². The lowest BCUT2D eigenvalue weighted by Crippen LogP contribution is -2.62. The van der Waals surface area contributed by atoms with Crippen LogP contribution in [0.3, 0.4) is 0 Å². The van der Waals surface area contributed by atoms with Crippen LogP contribution in [0.1, 0.15) is 45.7 Å². The molecule has 0 unspecified atom stereocenters. The average Bonchev–Trinajstić information content (AvgIpc) is 3.56. The van der Waals surface area contributed by atoms with Gasteiger partial charge in [-0.2, -0.15) is 0 Å². The van der Waals surface area contributed by atoms with Crippen LogP contribution in [-0.2, 0) is 58.9 Å². The molecule has 3 N–H and O–H groups in total. The number of aromatic nitrogens is 5. The van der Waals surface area contributed by atoms with Crippen molar-refractivity contribution in [2.24, 2.45) is 0 Å². The van der Waals surface area contributed by atoms with Crippen molar-refractivity contribution in [3.05, 3.63) is 45.0 Å². The summed E-state index contributed by atoms with van der Waals surface area (Å²) in [6.45, 7) is 2.96. The van der Waals surface area contributed by atoms with Gasteiger partial charge >= 0.3 is 29.6 Å². The van der Waals surface area contributed by atoms with E-state index in [1.54, 1.807) is 0 Å². The van der Waals surface area contributed by atoms with Crippen LogP contribution in [0.4, 0.5) is 0 Å².